The molecule has 0 aliphatic carbocycles. The molecule has 8 heteroatoms. The summed E-state index contributed by atoms with van der Waals surface area (Å²) in [5, 5.41) is 7.24. The van der Waals surface area contributed by atoms with Crippen molar-refractivity contribution < 1.29 is 0 Å². The molecule has 20 aromatic rings. The molecule has 0 radical (unpaired) electrons. The summed E-state index contributed by atoms with van der Waals surface area (Å²) in [6.07, 6.45) is 9.10. The molecule has 0 aliphatic rings. The van der Waals surface area contributed by atoms with Crippen LogP contribution in [-0.2, 0) is 25.7 Å². The third-order valence-electron chi connectivity index (χ3n) is 28.2. The molecule has 0 amide bonds. The van der Waals surface area contributed by atoms with Gasteiger partial charge in [-0.05, 0) is 463 Å². The molecule has 0 aromatic heterocycles. The summed E-state index contributed by atoms with van der Waals surface area (Å²) in [7, 11) is 0. The number of nitrogens with one attached hydrogen (secondary N) is 2. The third-order valence-corrected chi connectivity index (χ3v) is 30.5. The van der Waals surface area contributed by atoms with Crippen molar-refractivity contribution in [2.45, 2.75) is 134 Å². The molecule has 0 heterocycles. The molecule has 0 aliphatic heterocycles. The molecule has 0 atom stereocenters. The Bertz CT molecular complexity index is 7450. The van der Waals surface area contributed by atoms with Crippen LogP contribution in [0.1, 0.15) is 120 Å². The summed E-state index contributed by atoms with van der Waals surface area (Å²) in [5.41, 5.74) is 53.8. The van der Waals surface area contributed by atoms with Crippen LogP contribution >= 0.6 is 70.4 Å². The minimum absolute atomic E-state index is 1.08. The Morgan fingerprint density at radius 1 is 0.176 bits per heavy atom. The Labute approximate surface area is 916 Å². The van der Waals surface area contributed by atoms with Crippen molar-refractivity contribution in [3.8, 4) is 122 Å². The highest BCUT2D eigenvalue weighted by molar-refractivity contribution is 14.1. The van der Waals surface area contributed by atoms with E-state index in [-0.39, 0.29) is 0 Å². The van der Waals surface area contributed by atoms with Gasteiger partial charge in [-0.25, -0.2) is 0 Å². The van der Waals surface area contributed by atoms with Gasteiger partial charge in [-0.1, -0.05) is 368 Å². The zero-order valence-electron chi connectivity index (χ0n) is 86.6. The van der Waals surface area contributed by atoms with Gasteiger partial charge in [0.2, 0.25) is 0 Å². The van der Waals surface area contributed by atoms with E-state index in [1.807, 2.05) is 0 Å². The monoisotopic (exact) mass is 2230 g/mol. The lowest BCUT2D eigenvalue weighted by Crippen LogP contribution is -2.10. The molecule has 0 saturated carbocycles. The maximum atomic E-state index is 3.62. The van der Waals surface area contributed by atoms with Gasteiger partial charge in [-0.3, -0.25) is 0 Å². The van der Waals surface area contributed by atoms with Gasteiger partial charge in [0.15, 0.2) is 0 Å². The van der Waals surface area contributed by atoms with E-state index in [1.165, 1.54) is 206 Å². The molecule has 2 N–H and O–H groups in total. The quantitative estimate of drug-likeness (QED) is 0.0458. The highest BCUT2D eigenvalue weighted by Gasteiger charge is 2.23. The van der Waals surface area contributed by atoms with E-state index < -0.39 is 0 Å². The first-order chi connectivity index (χ1) is 72.0. The zero-order chi connectivity index (χ0) is 103. The minimum atomic E-state index is 1.08. The fourth-order valence-corrected chi connectivity index (χ4v) is 21.3. The van der Waals surface area contributed by atoms with E-state index in [4.69, 9.17) is 0 Å². The summed E-state index contributed by atoms with van der Waals surface area (Å²) >= 11 is 13.0. The summed E-state index contributed by atoms with van der Waals surface area (Å²) in [5.74, 6) is 0. The first-order valence-electron chi connectivity index (χ1n) is 51.9. The number of anilines is 10. The van der Waals surface area contributed by atoms with Gasteiger partial charge in [-0.2, -0.15) is 0 Å². The van der Waals surface area contributed by atoms with E-state index in [0.29, 0.717) is 0 Å². The molecule has 0 bridgehead atoms. The topological polar surface area (TPSA) is 30.5 Å². The molecule has 0 unspecified atom stereocenters. The lowest BCUT2D eigenvalue weighted by Gasteiger charge is -2.27. The second kappa shape index (κ2) is 48.6. The van der Waals surface area contributed by atoms with Crippen molar-refractivity contribution in [3.05, 3.63) is 521 Å². The van der Waals surface area contributed by atoms with E-state index in [2.05, 4.69) is 611 Å². The molecule has 0 saturated heterocycles. The van der Waals surface area contributed by atoms with Gasteiger partial charge in [0.05, 0.1) is 0 Å². The summed E-state index contributed by atoms with van der Waals surface area (Å²) in [6.45, 7) is 26.8. The zero-order valence-corrected chi connectivity index (χ0v) is 93.5. The molecular formula is C140H126Br3IN4. The Hall–Kier alpha value is -14.2. The minimum Gasteiger partial charge on any atom is -0.356 e. The molecule has 0 spiro atoms. The van der Waals surface area contributed by atoms with Gasteiger partial charge in [0, 0.05) is 73.9 Å². The predicted molar refractivity (Wildman–Crippen MR) is 658 cm³/mol. The number of hydrogen-bond donors (Lipinski definition) is 2. The standard InChI is InChI=1S/C76H66Br2N2.C52H52N2.C12H8BrI/c1-7-9-55-11-15-57(16-12-55)61-23-35-67(36-24-61)79(69-39-27-63(28-40-69)59-19-31-65(77)32-20-59)71-43-45-73(51(3)47-71)75-49-54(6)76(50-53(75)5)74-46-44-72(48-52(74)4)80(70-41-29-64(30-42-70)60-21-33-66(78)34-22-60)68-37-25-62(26-38-68)58-17-13-56(10-8-2)14-18-58;1-7-9-39-11-15-41(16-12-39)43-19-23-45(24-20-43)53-47-27-29-49(35(3)31-47)51-33-38(6)52(34-37(51)5)50-30-28-48(32-36(50)4)54-46-25-21-44(22-26-46)42-17-13-40(10-8-2)14-18-42;13-11-5-1-9(2-6-11)10-3-7-12(14)8-4-10/h11-50H,7-10H2,1-6H3;11-34,53-54H,7-10H2,1-6H3;1-8H. The SMILES string of the molecule is Brc1ccc(-c2ccc(I)cc2)cc1.CCCc1ccc(-c2ccc(N(c3ccc(-c4ccc(Br)cc4)cc3)c3ccc(-c4cc(C)c(-c5ccc(N(c6ccc(-c7ccc(Br)cc7)cc6)c6ccc(-c7ccc(CCC)cc7)cc6)cc5C)cc4C)c(C)c3)cc2)cc1.CCCc1ccc(-c2ccc(Nc3ccc(-c4cc(C)c(-c5ccc(Nc6ccc(-c7ccc(CCC)cc7)cc6)cc5C)cc4C)c(C)c3)cc2)cc1. The first-order valence-corrected chi connectivity index (χ1v) is 55.3. The maximum absolute atomic E-state index is 3.62. The highest BCUT2D eigenvalue weighted by Crippen LogP contribution is 2.46. The van der Waals surface area contributed by atoms with Crippen molar-refractivity contribution in [1.29, 1.82) is 0 Å². The molecule has 20 aromatic carbocycles. The second-order valence-corrected chi connectivity index (χ2v) is 43.1. The fourth-order valence-electron chi connectivity index (χ4n) is 20.2. The van der Waals surface area contributed by atoms with Crippen molar-refractivity contribution in [1.82, 2.24) is 0 Å². The molecule has 20 rings (SSSR count). The fraction of sp³-hybridized carbons (Fsp3) is 0.143. The number of halogens is 4. The summed E-state index contributed by atoms with van der Waals surface area (Å²) in [6, 6.07) is 160. The molecule has 0 fully saturated rings. The van der Waals surface area contributed by atoms with Crippen molar-refractivity contribution in [3.63, 3.8) is 0 Å². The van der Waals surface area contributed by atoms with E-state index >= 15 is 0 Å². The first kappa shape index (κ1) is 104. The van der Waals surface area contributed by atoms with Crippen molar-refractivity contribution in [2.24, 2.45) is 0 Å². The van der Waals surface area contributed by atoms with Crippen LogP contribution in [-0.4, -0.2) is 0 Å². The summed E-state index contributed by atoms with van der Waals surface area (Å²) < 4.78 is 4.54. The molecule has 4 nitrogen and oxygen atoms in total. The predicted octanol–water partition coefficient (Wildman–Crippen LogP) is 43.0. The van der Waals surface area contributed by atoms with E-state index in [1.54, 1.807) is 0 Å². The van der Waals surface area contributed by atoms with Crippen LogP contribution in [0.4, 0.5) is 56.9 Å². The van der Waals surface area contributed by atoms with E-state index in [9.17, 15) is 0 Å². The number of aryl methyl sites for hydroxylation is 12. The Kier molecular flexibility index (Phi) is 34.1. The van der Waals surface area contributed by atoms with Crippen LogP contribution < -0.4 is 20.4 Å². The highest BCUT2D eigenvalue weighted by atomic mass is 127. The number of nitrogens with zero attached hydrogens (tertiary/aromatic N) is 2. The van der Waals surface area contributed by atoms with Crippen molar-refractivity contribution >= 4 is 127 Å². The van der Waals surface area contributed by atoms with Crippen LogP contribution in [0.5, 0.6) is 0 Å². The van der Waals surface area contributed by atoms with E-state index in [0.717, 1.165) is 109 Å². The number of rotatable bonds is 29. The van der Waals surface area contributed by atoms with Gasteiger partial charge in [0.1, 0.15) is 0 Å². The summed E-state index contributed by atoms with van der Waals surface area (Å²) in [4.78, 5) is 4.76. The molecule has 148 heavy (non-hydrogen) atoms. The smallest absolute Gasteiger partial charge is 0.0464 e. The molecular weight excluding hydrogens is 2100 g/mol. The lowest BCUT2D eigenvalue weighted by atomic mass is 9.88. The Balaban J connectivity index is 0.000000180. The number of benzene rings is 20. The van der Waals surface area contributed by atoms with Gasteiger partial charge in [-0.15, -0.1) is 0 Å². The second-order valence-electron chi connectivity index (χ2n) is 39.1. The largest absolute Gasteiger partial charge is 0.356 e. The van der Waals surface area contributed by atoms with Gasteiger partial charge in [0.25, 0.3) is 0 Å². The average Bonchev–Trinajstić information content (AvgIpc) is 0.809. The van der Waals surface area contributed by atoms with Gasteiger partial charge >= 0.3 is 0 Å². The molecule has 734 valence electrons. The van der Waals surface area contributed by atoms with Crippen LogP contribution in [0.2, 0.25) is 0 Å². The third kappa shape index (κ3) is 25.4. The lowest BCUT2D eigenvalue weighted by molar-refractivity contribution is 0.922. The van der Waals surface area contributed by atoms with Crippen LogP contribution in [0.3, 0.4) is 0 Å². The average molecular weight is 2230 g/mol. The van der Waals surface area contributed by atoms with Gasteiger partial charge < -0.3 is 20.4 Å². The van der Waals surface area contributed by atoms with Crippen molar-refractivity contribution in [2.75, 3.05) is 20.4 Å². The van der Waals surface area contributed by atoms with Crippen LogP contribution in [0, 0.1) is 59.0 Å². The van der Waals surface area contributed by atoms with Crippen LogP contribution in [0.25, 0.3) is 122 Å². The normalized spacial score (nSPS) is 11.1. The Morgan fingerprint density at radius 3 is 0.554 bits per heavy atom. The number of hydrogen-bond acceptors (Lipinski definition) is 4. The van der Waals surface area contributed by atoms with Crippen LogP contribution in [0.15, 0.2) is 450 Å². The maximum Gasteiger partial charge on any atom is 0.0464 e. The Morgan fingerprint density at radius 2 is 0.345 bits per heavy atom.